The topological polar surface area (TPSA) is 55.6 Å². The number of fused-ring (bicyclic) bond motifs is 1. The molecule has 0 bridgehead atoms. The molecular formula is C20H22BrN3O2. The van der Waals surface area contributed by atoms with Crippen molar-refractivity contribution in [1.82, 2.24) is 9.38 Å². The van der Waals surface area contributed by atoms with Crippen LogP contribution in [0.15, 0.2) is 41.0 Å². The summed E-state index contributed by atoms with van der Waals surface area (Å²) in [6.07, 6.45) is 3.46. The van der Waals surface area contributed by atoms with Crippen molar-refractivity contribution < 1.29 is 9.53 Å². The Morgan fingerprint density at radius 2 is 2.08 bits per heavy atom. The van der Waals surface area contributed by atoms with E-state index in [1.165, 1.54) is 0 Å². The fourth-order valence-electron chi connectivity index (χ4n) is 2.89. The van der Waals surface area contributed by atoms with Crippen LogP contribution in [0.4, 0.5) is 5.69 Å². The van der Waals surface area contributed by atoms with Crippen LogP contribution >= 0.6 is 15.9 Å². The van der Waals surface area contributed by atoms with Crippen LogP contribution < -0.4 is 10.1 Å². The highest BCUT2D eigenvalue weighted by Gasteiger charge is 2.20. The first-order valence-electron chi connectivity index (χ1n) is 8.75. The molecule has 6 heteroatoms. The van der Waals surface area contributed by atoms with Crippen LogP contribution in [0, 0.1) is 6.92 Å². The first kappa shape index (κ1) is 18.5. The van der Waals surface area contributed by atoms with Gasteiger partial charge in [-0.1, -0.05) is 26.0 Å². The Balaban J connectivity index is 2.01. The zero-order valence-electron chi connectivity index (χ0n) is 15.2. The monoisotopic (exact) mass is 415 g/mol. The van der Waals surface area contributed by atoms with Gasteiger partial charge in [0.2, 0.25) is 0 Å². The first-order chi connectivity index (χ1) is 12.5. The second-order valence-electron chi connectivity index (χ2n) is 6.09. The Labute approximate surface area is 161 Å². The highest BCUT2D eigenvalue weighted by atomic mass is 79.9. The van der Waals surface area contributed by atoms with Crippen molar-refractivity contribution in [3.63, 3.8) is 0 Å². The Hall–Kier alpha value is -2.34. The Kier molecular flexibility index (Phi) is 5.61. The molecule has 0 spiro atoms. The molecule has 0 aliphatic heterocycles. The smallest absolute Gasteiger partial charge is 0.274 e. The van der Waals surface area contributed by atoms with Crippen molar-refractivity contribution in [3.05, 3.63) is 58.0 Å². The lowest BCUT2D eigenvalue weighted by Gasteiger charge is -2.12. The van der Waals surface area contributed by atoms with Crippen LogP contribution in [0.2, 0.25) is 0 Å². The number of ether oxygens (including phenoxy) is 1. The first-order valence-corrected chi connectivity index (χ1v) is 9.54. The standard InChI is InChI=1S/C20H22BrN3O2/c1-4-10-26-17-9-7-6-8-16(17)23-20(25)18-15(5-2)22-19-13(3)11-14(21)12-24(18)19/h6-9,11-12H,4-5,10H2,1-3H3,(H,23,25). The van der Waals surface area contributed by atoms with Gasteiger partial charge in [-0.15, -0.1) is 0 Å². The summed E-state index contributed by atoms with van der Waals surface area (Å²) in [6, 6.07) is 9.48. The molecule has 136 valence electrons. The average Bonchev–Trinajstić information content (AvgIpc) is 3.00. The van der Waals surface area contributed by atoms with Gasteiger partial charge in [-0.2, -0.15) is 0 Å². The SMILES string of the molecule is CCCOc1ccccc1NC(=O)c1c(CC)nc2c(C)cc(Br)cn12. The highest BCUT2D eigenvalue weighted by molar-refractivity contribution is 9.10. The van der Waals surface area contributed by atoms with Gasteiger partial charge in [-0.3, -0.25) is 9.20 Å². The number of halogens is 1. The van der Waals surface area contributed by atoms with E-state index >= 15 is 0 Å². The number of hydrogen-bond acceptors (Lipinski definition) is 3. The molecule has 0 fully saturated rings. The lowest BCUT2D eigenvalue weighted by atomic mass is 10.2. The molecule has 2 aromatic heterocycles. The second-order valence-corrected chi connectivity index (χ2v) is 7.01. The molecule has 0 saturated heterocycles. The number of benzene rings is 1. The summed E-state index contributed by atoms with van der Waals surface area (Å²) in [7, 11) is 0. The fourth-order valence-corrected chi connectivity index (χ4v) is 3.44. The van der Waals surface area contributed by atoms with Crippen molar-refractivity contribution in [2.75, 3.05) is 11.9 Å². The van der Waals surface area contributed by atoms with Crippen molar-refractivity contribution in [2.24, 2.45) is 0 Å². The van der Waals surface area contributed by atoms with Crippen molar-refractivity contribution in [1.29, 1.82) is 0 Å². The molecule has 0 aliphatic rings. The minimum absolute atomic E-state index is 0.195. The van der Waals surface area contributed by atoms with E-state index in [4.69, 9.17) is 4.74 Å². The lowest BCUT2D eigenvalue weighted by Crippen LogP contribution is -2.17. The molecule has 0 saturated carbocycles. The van der Waals surface area contributed by atoms with Crippen molar-refractivity contribution >= 4 is 33.2 Å². The molecule has 3 aromatic rings. The van der Waals surface area contributed by atoms with E-state index in [2.05, 4.69) is 26.2 Å². The Bertz CT molecular complexity index is 950. The minimum atomic E-state index is -0.195. The number of aromatic nitrogens is 2. The van der Waals surface area contributed by atoms with E-state index in [9.17, 15) is 4.79 Å². The number of nitrogens with zero attached hydrogens (tertiary/aromatic N) is 2. The average molecular weight is 416 g/mol. The third-order valence-electron chi connectivity index (χ3n) is 4.09. The zero-order valence-corrected chi connectivity index (χ0v) is 16.8. The normalized spacial score (nSPS) is 10.9. The predicted molar refractivity (Wildman–Crippen MR) is 107 cm³/mol. The van der Waals surface area contributed by atoms with Crippen LogP contribution in [0.25, 0.3) is 5.65 Å². The van der Waals surface area contributed by atoms with Crippen LogP contribution in [-0.2, 0) is 6.42 Å². The lowest BCUT2D eigenvalue weighted by molar-refractivity contribution is 0.102. The van der Waals surface area contributed by atoms with Gasteiger partial charge < -0.3 is 10.1 Å². The summed E-state index contributed by atoms with van der Waals surface area (Å²) in [6.45, 7) is 6.64. The number of anilines is 1. The van der Waals surface area contributed by atoms with Crippen LogP contribution in [0.1, 0.15) is 42.0 Å². The molecule has 5 nitrogen and oxygen atoms in total. The maximum atomic E-state index is 13.1. The number of nitrogens with one attached hydrogen (secondary N) is 1. The van der Waals surface area contributed by atoms with Gasteiger partial charge >= 0.3 is 0 Å². The van der Waals surface area contributed by atoms with Gasteiger partial charge in [0.15, 0.2) is 0 Å². The van der Waals surface area contributed by atoms with E-state index in [1.54, 1.807) is 0 Å². The summed E-state index contributed by atoms with van der Waals surface area (Å²) >= 11 is 3.50. The highest BCUT2D eigenvalue weighted by Crippen LogP contribution is 2.26. The van der Waals surface area contributed by atoms with E-state index in [-0.39, 0.29) is 5.91 Å². The van der Waals surface area contributed by atoms with E-state index in [0.717, 1.165) is 27.8 Å². The largest absolute Gasteiger partial charge is 0.491 e. The van der Waals surface area contributed by atoms with Gasteiger partial charge in [0, 0.05) is 10.7 Å². The molecule has 0 atom stereocenters. The minimum Gasteiger partial charge on any atom is -0.491 e. The van der Waals surface area contributed by atoms with Gasteiger partial charge in [-0.25, -0.2) is 4.98 Å². The molecule has 2 heterocycles. The second kappa shape index (κ2) is 7.91. The number of imidazole rings is 1. The number of pyridine rings is 1. The number of carbonyl (C=O) groups is 1. The predicted octanol–water partition coefficient (Wildman–Crippen LogP) is 5.01. The van der Waals surface area contributed by atoms with Crippen LogP contribution in [0.3, 0.4) is 0 Å². The maximum Gasteiger partial charge on any atom is 0.274 e. The number of carbonyl (C=O) groups excluding carboxylic acids is 1. The number of para-hydroxylation sites is 2. The van der Waals surface area contributed by atoms with Gasteiger partial charge in [0.1, 0.15) is 17.1 Å². The van der Waals surface area contributed by atoms with Crippen molar-refractivity contribution in [2.45, 2.75) is 33.6 Å². The third kappa shape index (κ3) is 3.60. The van der Waals surface area contributed by atoms with Gasteiger partial charge in [0.25, 0.3) is 5.91 Å². The fraction of sp³-hybridized carbons (Fsp3) is 0.300. The van der Waals surface area contributed by atoms with Gasteiger partial charge in [-0.05, 0) is 59.5 Å². The molecule has 3 rings (SSSR count). The number of rotatable bonds is 6. The summed E-state index contributed by atoms with van der Waals surface area (Å²) in [5, 5.41) is 2.99. The number of aryl methyl sites for hydroxylation is 2. The van der Waals surface area contributed by atoms with Crippen LogP contribution in [0.5, 0.6) is 5.75 Å². The molecule has 1 amide bonds. The third-order valence-corrected chi connectivity index (χ3v) is 4.52. The Morgan fingerprint density at radius 1 is 1.31 bits per heavy atom. The molecular weight excluding hydrogens is 394 g/mol. The zero-order chi connectivity index (χ0) is 18.7. The number of hydrogen-bond donors (Lipinski definition) is 1. The molecule has 1 N–H and O–H groups in total. The summed E-state index contributed by atoms with van der Waals surface area (Å²) in [4.78, 5) is 17.7. The van der Waals surface area contributed by atoms with E-state index in [0.29, 0.717) is 30.2 Å². The molecule has 0 unspecified atom stereocenters. The Morgan fingerprint density at radius 3 is 2.81 bits per heavy atom. The maximum absolute atomic E-state index is 13.1. The van der Waals surface area contributed by atoms with Crippen molar-refractivity contribution in [3.8, 4) is 5.75 Å². The molecule has 26 heavy (non-hydrogen) atoms. The molecule has 0 aliphatic carbocycles. The quantitative estimate of drug-likeness (QED) is 0.615. The summed E-state index contributed by atoms with van der Waals surface area (Å²) in [5.41, 5.74) is 3.80. The van der Waals surface area contributed by atoms with Gasteiger partial charge in [0.05, 0.1) is 18.0 Å². The molecule has 0 radical (unpaired) electrons. The molecule has 1 aromatic carbocycles. The number of amides is 1. The van der Waals surface area contributed by atoms with E-state index < -0.39 is 0 Å². The summed E-state index contributed by atoms with van der Waals surface area (Å²) in [5.74, 6) is 0.478. The van der Waals surface area contributed by atoms with Crippen LogP contribution in [-0.4, -0.2) is 21.9 Å². The van der Waals surface area contributed by atoms with E-state index in [1.807, 2.05) is 61.7 Å². The summed E-state index contributed by atoms with van der Waals surface area (Å²) < 4.78 is 8.50.